The smallest absolute Gasteiger partial charge is 0.303 e. The van der Waals surface area contributed by atoms with E-state index in [2.05, 4.69) is 18.7 Å². The maximum Gasteiger partial charge on any atom is 0.303 e. The van der Waals surface area contributed by atoms with Crippen LogP contribution in [0.1, 0.15) is 144 Å². The SMILES string of the molecule is CCC(=O)O.CCCCCCCCCCN(CCCCCCCCCC)C(C)(C)O. The molecule has 0 bridgehead atoms. The number of unbranched alkanes of at least 4 members (excludes halogenated alkanes) is 14. The number of carboxylic acid groups (broad SMARTS) is 1. The Hall–Kier alpha value is -0.610. The van der Waals surface area contributed by atoms with Crippen molar-refractivity contribution in [2.45, 2.75) is 149 Å². The predicted molar refractivity (Wildman–Crippen MR) is 131 cm³/mol. The van der Waals surface area contributed by atoms with Gasteiger partial charge in [0.25, 0.3) is 0 Å². The van der Waals surface area contributed by atoms with Gasteiger partial charge in [0, 0.05) is 19.5 Å². The van der Waals surface area contributed by atoms with Crippen LogP contribution in [0, 0.1) is 0 Å². The largest absolute Gasteiger partial charge is 0.481 e. The Bertz CT molecular complexity index is 333. The summed E-state index contributed by atoms with van der Waals surface area (Å²) >= 11 is 0. The number of aliphatic carboxylic acids is 1. The fourth-order valence-corrected chi connectivity index (χ4v) is 3.53. The summed E-state index contributed by atoms with van der Waals surface area (Å²) in [5.74, 6) is -0.745. The summed E-state index contributed by atoms with van der Waals surface area (Å²) in [4.78, 5) is 11.7. The quantitative estimate of drug-likeness (QED) is 0.153. The molecule has 0 radical (unpaired) electrons. The van der Waals surface area contributed by atoms with Gasteiger partial charge in [-0.2, -0.15) is 0 Å². The number of aliphatic hydroxyl groups is 1. The van der Waals surface area contributed by atoms with E-state index < -0.39 is 11.7 Å². The van der Waals surface area contributed by atoms with Gasteiger partial charge >= 0.3 is 5.97 Å². The number of nitrogens with zero attached hydrogens (tertiary/aromatic N) is 1. The molecule has 0 saturated heterocycles. The molecule has 0 amide bonds. The first-order chi connectivity index (χ1) is 14.3. The van der Waals surface area contributed by atoms with Crippen LogP contribution >= 0.6 is 0 Å². The Morgan fingerprint density at radius 3 is 1.13 bits per heavy atom. The Balaban J connectivity index is 0. The molecular formula is C26H55NO3. The summed E-state index contributed by atoms with van der Waals surface area (Å²) in [7, 11) is 0. The lowest BCUT2D eigenvalue weighted by molar-refractivity contribution is -0.136. The Morgan fingerprint density at radius 2 is 0.900 bits per heavy atom. The zero-order valence-corrected chi connectivity index (χ0v) is 21.2. The number of carboxylic acids is 1. The minimum atomic E-state index is -0.745. The molecule has 4 heteroatoms. The summed E-state index contributed by atoms with van der Waals surface area (Å²) in [6.45, 7) is 12.1. The molecule has 30 heavy (non-hydrogen) atoms. The van der Waals surface area contributed by atoms with Crippen LogP contribution in [0.3, 0.4) is 0 Å². The average molecular weight is 430 g/mol. The molecule has 0 saturated carbocycles. The molecule has 0 aromatic carbocycles. The molecule has 4 nitrogen and oxygen atoms in total. The third-order valence-corrected chi connectivity index (χ3v) is 5.64. The molecule has 0 aliphatic heterocycles. The second-order valence-electron chi connectivity index (χ2n) is 9.18. The maximum absolute atomic E-state index is 10.4. The van der Waals surface area contributed by atoms with E-state index in [1.807, 2.05) is 13.8 Å². The van der Waals surface area contributed by atoms with Crippen LogP contribution in [0.4, 0.5) is 0 Å². The fraction of sp³-hybridized carbons (Fsp3) is 0.962. The molecule has 0 spiro atoms. The summed E-state index contributed by atoms with van der Waals surface area (Å²) in [6.07, 6.45) is 21.9. The number of carbonyl (C=O) groups is 1. The van der Waals surface area contributed by atoms with Crippen molar-refractivity contribution in [3.8, 4) is 0 Å². The normalized spacial score (nSPS) is 11.4. The van der Waals surface area contributed by atoms with Gasteiger partial charge in [0.2, 0.25) is 0 Å². The van der Waals surface area contributed by atoms with Crippen molar-refractivity contribution < 1.29 is 15.0 Å². The maximum atomic E-state index is 10.4. The number of hydrogen-bond acceptors (Lipinski definition) is 3. The van der Waals surface area contributed by atoms with Gasteiger partial charge in [-0.05, 0) is 26.7 Å². The molecule has 0 rings (SSSR count). The van der Waals surface area contributed by atoms with E-state index in [0.29, 0.717) is 0 Å². The number of hydrogen-bond donors (Lipinski definition) is 2. The lowest BCUT2D eigenvalue weighted by Gasteiger charge is -2.34. The van der Waals surface area contributed by atoms with Gasteiger partial charge in [0.1, 0.15) is 5.72 Å². The average Bonchev–Trinajstić information content (AvgIpc) is 2.69. The topological polar surface area (TPSA) is 60.8 Å². The van der Waals surface area contributed by atoms with Crippen molar-refractivity contribution >= 4 is 5.97 Å². The molecular weight excluding hydrogens is 374 g/mol. The summed E-state index contributed by atoms with van der Waals surface area (Å²) in [5, 5.41) is 18.1. The molecule has 0 heterocycles. The van der Waals surface area contributed by atoms with Gasteiger partial charge in [-0.25, -0.2) is 0 Å². The standard InChI is InChI=1S/C23H49NO.C3H6O2/c1-5-7-9-11-13-15-17-19-21-24(23(3,4)25)22-20-18-16-14-12-10-8-6-2;1-2-3(4)5/h25H,5-22H2,1-4H3;2H2,1H3,(H,4,5). The predicted octanol–water partition coefficient (Wildman–Crippen LogP) is 7.78. The Morgan fingerprint density at radius 1 is 0.633 bits per heavy atom. The van der Waals surface area contributed by atoms with Gasteiger partial charge in [-0.1, -0.05) is 111 Å². The van der Waals surface area contributed by atoms with Crippen molar-refractivity contribution in [2.24, 2.45) is 0 Å². The van der Waals surface area contributed by atoms with Crippen molar-refractivity contribution in [1.29, 1.82) is 0 Å². The zero-order chi connectivity index (χ0) is 23.1. The highest BCUT2D eigenvalue weighted by Crippen LogP contribution is 2.16. The van der Waals surface area contributed by atoms with E-state index >= 15 is 0 Å². The van der Waals surface area contributed by atoms with Crippen LogP contribution in [-0.2, 0) is 4.79 Å². The molecule has 0 aromatic heterocycles. The third-order valence-electron chi connectivity index (χ3n) is 5.64. The molecule has 0 aromatic rings. The van der Waals surface area contributed by atoms with Gasteiger partial charge in [0.05, 0.1) is 0 Å². The van der Waals surface area contributed by atoms with Crippen molar-refractivity contribution in [3.05, 3.63) is 0 Å². The Labute approximate surface area is 188 Å². The van der Waals surface area contributed by atoms with Gasteiger partial charge in [-0.15, -0.1) is 0 Å². The Kier molecular flexibility index (Phi) is 24.3. The molecule has 0 aliphatic rings. The molecule has 182 valence electrons. The monoisotopic (exact) mass is 429 g/mol. The summed E-state index contributed by atoms with van der Waals surface area (Å²) < 4.78 is 0. The second kappa shape index (κ2) is 23.1. The van der Waals surface area contributed by atoms with E-state index in [-0.39, 0.29) is 6.42 Å². The minimum Gasteiger partial charge on any atom is -0.481 e. The van der Waals surface area contributed by atoms with Crippen LogP contribution in [0.15, 0.2) is 0 Å². The van der Waals surface area contributed by atoms with E-state index in [0.717, 1.165) is 13.1 Å². The van der Waals surface area contributed by atoms with E-state index in [1.54, 1.807) is 6.92 Å². The lowest BCUT2D eigenvalue weighted by Crippen LogP contribution is -2.44. The zero-order valence-electron chi connectivity index (χ0n) is 21.2. The van der Waals surface area contributed by atoms with Crippen molar-refractivity contribution in [1.82, 2.24) is 4.90 Å². The van der Waals surface area contributed by atoms with Crippen LogP contribution in [-0.4, -0.2) is 39.9 Å². The van der Waals surface area contributed by atoms with Gasteiger partial charge in [0.15, 0.2) is 0 Å². The highest BCUT2D eigenvalue weighted by atomic mass is 16.4. The van der Waals surface area contributed by atoms with Crippen LogP contribution in [0.5, 0.6) is 0 Å². The molecule has 0 aliphatic carbocycles. The first-order valence-electron chi connectivity index (χ1n) is 13.0. The molecule has 2 N–H and O–H groups in total. The first kappa shape index (κ1) is 31.6. The van der Waals surface area contributed by atoms with Gasteiger partial charge in [-0.3, -0.25) is 9.69 Å². The van der Waals surface area contributed by atoms with Crippen molar-refractivity contribution in [2.75, 3.05) is 13.1 Å². The highest BCUT2D eigenvalue weighted by molar-refractivity contribution is 5.66. The number of rotatable bonds is 20. The summed E-state index contributed by atoms with van der Waals surface area (Å²) in [5.41, 5.74) is -0.664. The van der Waals surface area contributed by atoms with Crippen LogP contribution in [0.25, 0.3) is 0 Å². The highest BCUT2D eigenvalue weighted by Gasteiger charge is 2.22. The first-order valence-corrected chi connectivity index (χ1v) is 13.0. The van der Waals surface area contributed by atoms with Gasteiger partial charge < -0.3 is 10.2 Å². The van der Waals surface area contributed by atoms with E-state index in [1.165, 1.54) is 103 Å². The third kappa shape index (κ3) is 25.4. The van der Waals surface area contributed by atoms with Crippen molar-refractivity contribution in [3.63, 3.8) is 0 Å². The molecule has 0 unspecified atom stereocenters. The molecule has 0 fully saturated rings. The van der Waals surface area contributed by atoms with E-state index in [4.69, 9.17) is 5.11 Å². The van der Waals surface area contributed by atoms with E-state index in [9.17, 15) is 9.90 Å². The second-order valence-corrected chi connectivity index (χ2v) is 9.18. The van der Waals surface area contributed by atoms with Crippen LogP contribution in [0.2, 0.25) is 0 Å². The lowest BCUT2D eigenvalue weighted by atomic mass is 10.1. The summed E-state index contributed by atoms with van der Waals surface area (Å²) in [6, 6.07) is 0. The fourth-order valence-electron chi connectivity index (χ4n) is 3.53. The molecule has 0 atom stereocenters. The van der Waals surface area contributed by atoms with Crippen LogP contribution < -0.4 is 0 Å². The minimum absolute atomic E-state index is 0.222.